The molecule has 0 fully saturated rings. The highest BCUT2D eigenvalue weighted by atomic mass is 16.5. The fourth-order valence-corrected chi connectivity index (χ4v) is 2.85. The van der Waals surface area contributed by atoms with Crippen molar-refractivity contribution in [3.63, 3.8) is 0 Å². The smallest absolute Gasteiger partial charge is 0.407 e. The molecule has 0 radical (unpaired) electrons. The van der Waals surface area contributed by atoms with Crippen LogP contribution in [0.25, 0.3) is 0 Å². The van der Waals surface area contributed by atoms with Crippen LogP contribution in [0.5, 0.6) is 0 Å². The van der Waals surface area contributed by atoms with Crippen LogP contribution in [0.15, 0.2) is 48.5 Å². The van der Waals surface area contributed by atoms with Crippen molar-refractivity contribution in [2.24, 2.45) is 0 Å². The van der Waals surface area contributed by atoms with E-state index in [4.69, 9.17) is 15.2 Å². The van der Waals surface area contributed by atoms with Crippen LogP contribution < -0.4 is 11.1 Å². The number of anilines is 1. The van der Waals surface area contributed by atoms with Crippen molar-refractivity contribution in [2.75, 3.05) is 12.8 Å². The first kappa shape index (κ1) is 20.3. The molecule has 0 saturated heterocycles. The number of nitrogen functional groups attached to an aromatic ring is 1. The quantitative estimate of drug-likeness (QED) is 0.576. The topological polar surface area (TPSA) is 90.6 Å². The molecule has 0 heterocycles. The summed E-state index contributed by atoms with van der Waals surface area (Å²) in [5, 5.41) is 2.82. The molecule has 1 amide bonds. The number of hydrogen-bond acceptors (Lipinski definition) is 5. The molecule has 0 spiro atoms. The zero-order chi connectivity index (χ0) is 19.9. The molecule has 0 bridgehead atoms. The van der Waals surface area contributed by atoms with Gasteiger partial charge in [-0.05, 0) is 49.1 Å². The Morgan fingerprint density at radius 1 is 1.15 bits per heavy atom. The van der Waals surface area contributed by atoms with Crippen molar-refractivity contribution in [2.45, 2.75) is 38.8 Å². The molecule has 0 aliphatic rings. The van der Waals surface area contributed by atoms with Gasteiger partial charge in [-0.1, -0.05) is 36.4 Å². The van der Waals surface area contributed by atoms with E-state index >= 15 is 0 Å². The van der Waals surface area contributed by atoms with E-state index in [9.17, 15) is 9.59 Å². The van der Waals surface area contributed by atoms with Gasteiger partial charge >= 0.3 is 12.1 Å². The highest BCUT2D eigenvalue weighted by molar-refractivity contribution is 5.74. The largest absolute Gasteiger partial charge is 0.469 e. The lowest BCUT2D eigenvalue weighted by atomic mass is 9.87. The SMILES string of the molecule is COC(=O)CC(C)(Cc1cc(N)ccc1C)NC(=O)OCc1ccccc1. The van der Waals surface area contributed by atoms with Gasteiger partial charge in [0.05, 0.1) is 19.1 Å². The number of ether oxygens (including phenoxy) is 2. The lowest BCUT2D eigenvalue weighted by Gasteiger charge is -2.30. The summed E-state index contributed by atoms with van der Waals surface area (Å²) in [5.74, 6) is -0.414. The molecule has 2 rings (SSSR count). The second-order valence-corrected chi connectivity index (χ2v) is 6.86. The number of benzene rings is 2. The van der Waals surface area contributed by atoms with Crippen LogP contribution in [0.2, 0.25) is 0 Å². The predicted octanol–water partition coefficient (Wildman–Crippen LogP) is 3.37. The fraction of sp³-hybridized carbons (Fsp3) is 0.333. The van der Waals surface area contributed by atoms with Crippen LogP contribution in [-0.4, -0.2) is 24.7 Å². The number of amides is 1. The molecule has 0 aliphatic heterocycles. The monoisotopic (exact) mass is 370 g/mol. The Hall–Kier alpha value is -3.02. The molecule has 0 aromatic heterocycles. The molecular weight excluding hydrogens is 344 g/mol. The average Bonchev–Trinajstić information content (AvgIpc) is 2.63. The van der Waals surface area contributed by atoms with Gasteiger partial charge < -0.3 is 20.5 Å². The van der Waals surface area contributed by atoms with Crippen molar-refractivity contribution < 1.29 is 19.1 Å². The molecule has 144 valence electrons. The Morgan fingerprint density at radius 3 is 2.52 bits per heavy atom. The number of alkyl carbamates (subject to hydrolysis) is 1. The van der Waals surface area contributed by atoms with E-state index in [-0.39, 0.29) is 13.0 Å². The summed E-state index contributed by atoms with van der Waals surface area (Å²) in [6, 6.07) is 15.0. The number of carbonyl (C=O) groups is 2. The Labute approximate surface area is 159 Å². The first-order valence-electron chi connectivity index (χ1n) is 8.72. The summed E-state index contributed by atoms with van der Waals surface area (Å²) in [4.78, 5) is 24.2. The van der Waals surface area contributed by atoms with Gasteiger partial charge in [0.15, 0.2) is 0 Å². The number of aryl methyl sites for hydroxylation is 1. The molecule has 6 nitrogen and oxygen atoms in total. The minimum Gasteiger partial charge on any atom is -0.469 e. The number of nitrogens with two attached hydrogens (primary N) is 1. The van der Waals surface area contributed by atoms with Crippen LogP contribution in [0.4, 0.5) is 10.5 Å². The normalized spacial score (nSPS) is 12.7. The van der Waals surface area contributed by atoms with Gasteiger partial charge in [0.1, 0.15) is 6.61 Å². The third-order valence-electron chi connectivity index (χ3n) is 4.33. The Balaban J connectivity index is 2.10. The van der Waals surface area contributed by atoms with Crippen molar-refractivity contribution in [1.82, 2.24) is 5.32 Å². The van der Waals surface area contributed by atoms with Crippen LogP contribution in [-0.2, 0) is 27.3 Å². The van der Waals surface area contributed by atoms with Gasteiger partial charge in [-0.25, -0.2) is 4.79 Å². The van der Waals surface area contributed by atoms with E-state index in [0.717, 1.165) is 16.7 Å². The van der Waals surface area contributed by atoms with Crippen molar-refractivity contribution in [3.8, 4) is 0 Å². The Kier molecular flexibility index (Phi) is 6.82. The minimum absolute atomic E-state index is 0.0121. The predicted molar refractivity (Wildman–Crippen MR) is 104 cm³/mol. The number of nitrogens with one attached hydrogen (secondary N) is 1. The molecule has 2 aromatic carbocycles. The Morgan fingerprint density at radius 2 is 1.85 bits per heavy atom. The van der Waals surface area contributed by atoms with Gasteiger partial charge in [-0.2, -0.15) is 0 Å². The molecule has 1 atom stereocenters. The lowest BCUT2D eigenvalue weighted by Crippen LogP contribution is -2.49. The van der Waals surface area contributed by atoms with Crippen LogP contribution in [0, 0.1) is 6.92 Å². The number of rotatable bonds is 7. The van der Waals surface area contributed by atoms with Crippen LogP contribution >= 0.6 is 0 Å². The number of carbonyl (C=O) groups excluding carboxylic acids is 2. The van der Waals surface area contributed by atoms with E-state index in [1.807, 2.05) is 55.5 Å². The molecule has 1 unspecified atom stereocenters. The molecule has 2 aromatic rings. The fourth-order valence-electron chi connectivity index (χ4n) is 2.85. The second kappa shape index (κ2) is 9.07. The summed E-state index contributed by atoms with van der Waals surface area (Å²) in [6.45, 7) is 3.90. The van der Waals surface area contributed by atoms with Gasteiger partial charge in [0, 0.05) is 5.69 Å². The van der Waals surface area contributed by atoms with Crippen LogP contribution in [0.3, 0.4) is 0 Å². The molecule has 0 saturated carbocycles. The van der Waals surface area contributed by atoms with Gasteiger partial charge in [-0.15, -0.1) is 0 Å². The van der Waals surface area contributed by atoms with Crippen molar-refractivity contribution in [1.29, 1.82) is 0 Å². The number of esters is 1. The minimum atomic E-state index is -0.876. The lowest BCUT2D eigenvalue weighted by molar-refractivity contribution is -0.142. The second-order valence-electron chi connectivity index (χ2n) is 6.86. The molecule has 6 heteroatoms. The van der Waals surface area contributed by atoms with E-state index in [0.29, 0.717) is 12.1 Å². The summed E-state index contributed by atoms with van der Waals surface area (Å²) >= 11 is 0. The first-order chi connectivity index (χ1) is 12.8. The summed E-state index contributed by atoms with van der Waals surface area (Å²) in [7, 11) is 1.32. The standard InChI is InChI=1S/C21H26N2O4/c1-15-9-10-18(22)11-17(15)12-21(2,13-19(24)26-3)23-20(25)27-14-16-7-5-4-6-8-16/h4-11H,12-14,22H2,1-3H3,(H,23,25). The number of hydrogen-bond donors (Lipinski definition) is 2. The van der Waals surface area contributed by atoms with E-state index in [2.05, 4.69) is 5.32 Å². The zero-order valence-corrected chi connectivity index (χ0v) is 16.0. The summed E-state index contributed by atoms with van der Waals surface area (Å²) < 4.78 is 10.1. The van der Waals surface area contributed by atoms with E-state index in [1.54, 1.807) is 6.92 Å². The third kappa shape index (κ3) is 6.33. The van der Waals surface area contributed by atoms with Crippen LogP contribution in [0.1, 0.15) is 30.0 Å². The zero-order valence-electron chi connectivity index (χ0n) is 16.0. The maximum absolute atomic E-state index is 12.3. The Bertz CT molecular complexity index is 792. The maximum Gasteiger partial charge on any atom is 0.407 e. The average molecular weight is 370 g/mol. The van der Waals surface area contributed by atoms with Gasteiger partial charge in [0.25, 0.3) is 0 Å². The molecule has 0 aliphatic carbocycles. The molecule has 27 heavy (non-hydrogen) atoms. The van der Waals surface area contributed by atoms with Crippen molar-refractivity contribution in [3.05, 3.63) is 65.2 Å². The summed E-state index contributed by atoms with van der Waals surface area (Å²) in [6.07, 6.45) is -0.163. The highest BCUT2D eigenvalue weighted by Crippen LogP contribution is 2.23. The van der Waals surface area contributed by atoms with Gasteiger partial charge in [0.2, 0.25) is 0 Å². The third-order valence-corrected chi connectivity index (χ3v) is 4.33. The van der Waals surface area contributed by atoms with E-state index in [1.165, 1.54) is 7.11 Å². The first-order valence-corrected chi connectivity index (χ1v) is 8.72. The number of methoxy groups -OCH3 is 1. The summed E-state index contributed by atoms with van der Waals surface area (Å²) in [5.41, 5.74) is 8.50. The van der Waals surface area contributed by atoms with Gasteiger partial charge in [-0.3, -0.25) is 4.79 Å². The molecule has 3 N–H and O–H groups in total. The van der Waals surface area contributed by atoms with E-state index < -0.39 is 17.6 Å². The molecular formula is C21H26N2O4. The highest BCUT2D eigenvalue weighted by Gasteiger charge is 2.31. The maximum atomic E-state index is 12.3. The van der Waals surface area contributed by atoms with Crippen molar-refractivity contribution >= 4 is 17.7 Å².